The third-order valence-corrected chi connectivity index (χ3v) is 3.93. The highest BCUT2D eigenvalue weighted by Gasteiger charge is 2.18. The minimum absolute atomic E-state index is 0.385. The van der Waals surface area contributed by atoms with Gasteiger partial charge in [-0.25, -0.2) is 8.99 Å². The van der Waals surface area contributed by atoms with Crippen LogP contribution in [0.5, 0.6) is 0 Å². The highest BCUT2D eigenvalue weighted by molar-refractivity contribution is 7.91. The molecular weight excluding hydrogens is 236 g/mol. The molecule has 2 rings (SSSR count). The number of rotatable bonds is 2. The Kier molecular flexibility index (Phi) is 2.99. The number of aryl methyl sites for hydroxylation is 1. The second kappa shape index (κ2) is 4.18. The molecule has 1 aromatic rings. The molecule has 1 aromatic heterocycles. The van der Waals surface area contributed by atoms with Gasteiger partial charge in [-0.1, -0.05) is 6.58 Å². The molecule has 2 heterocycles. The van der Waals surface area contributed by atoms with E-state index in [0.717, 1.165) is 37.4 Å². The van der Waals surface area contributed by atoms with Crippen molar-refractivity contribution in [1.29, 1.82) is 4.78 Å². The van der Waals surface area contributed by atoms with Crippen molar-refractivity contribution in [2.24, 2.45) is 0 Å². The summed E-state index contributed by atoms with van der Waals surface area (Å²) < 4.78 is 21.1. The summed E-state index contributed by atoms with van der Waals surface area (Å²) in [5.74, 6) is 0. The number of hydrogen-bond acceptors (Lipinski definition) is 4. The van der Waals surface area contributed by atoms with Gasteiger partial charge in [0.15, 0.2) is 5.03 Å². The average Bonchev–Trinajstić information content (AvgIpc) is 2.50. The number of nitrogens with one attached hydrogen (secondary N) is 1. The molecule has 1 unspecified atom stereocenters. The van der Waals surface area contributed by atoms with E-state index in [1.807, 2.05) is 11.6 Å². The fourth-order valence-corrected chi connectivity index (χ4v) is 2.57. The van der Waals surface area contributed by atoms with Crippen molar-refractivity contribution in [2.45, 2.75) is 31.5 Å². The normalized spacial score (nSPS) is 19.3. The Morgan fingerprint density at radius 3 is 2.88 bits per heavy atom. The van der Waals surface area contributed by atoms with Crippen LogP contribution in [0.2, 0.25) is 0 Å². The predicted octanol–water partition coefficient (Wildman–Crippen LogP) is 1.66. The molecular formula is C11H18N4OS. The minimum atomic E-state index is -2.72. The molecule has 0 aliphatic carbocycles. The van der Waals surface area contributed by atoms with E-state index in [9.17, 15) is 4.21 Å². The van der Waals surface area contributed by atoms with E-state index in [-0.39, 0.29) is 0 Å². The van der Waals surface area contributed by atoms with Crippen molar-refractivity contribution in [1.82, 2.24) is 14.7 Å². The van der Waals surface area contributed by atoms with E-state index in [1.54, 1.807) is 6.07 Å². The first-order valence-corrected chi connectivity index (χ1v) is 7.55. The zero-order chi connectivity index (χ0) is 12.6. The summed E-state index contributed by atoms with van der Waals surface area (Å²) >= 11 is 0. The molecule has 0 fully saturated rings. The van der Waals surface area contributed by atoms with Crippen LogP contribution in [-0.4, -0.2) is 31.7 Å². The number of hydrogen-bond donors (Lipinski definition) is 1. The molecule has 1 aliphatic rings. The fraction of sp³-hybridized carbons (Fsp3) is 0.545. The molecule has 17 heavy (non-hydrogen) atoms. The summed E-state index contributed by atoms with van der Waals surface area (Å²) in [5.41, 5.74) is 2.05. The van der Waals surface area contributed by atoms with Gasteiger partial charge in [-0.05, 0) is 19.4 Å². The lowest BCUT2D eigenvalue weighted by Gasteiger charge is -2.21. The van der Waals surface area contributed by atoms with Crippen molar-refractivity contribution >= 4 is 9.73 Å². The molecule has 1 aliphatic heterocycles. The highest BCUT2D eigenvalue weighted by Crippen LogP contribution is 2.18. The minimum Gasteiger partial charge on any atom is -0.370 e. The van der Waals surface area contributed by atoms with Crippen LogP contribution < -0.4 is 0 Å². The van der Waals surface area contributed by atoms with Gasteiger partial charge in [0.05, 0.1) is 22.0 Å². The molecule has 0 spiro atoms. The lowest BCUT2D eigenvalue weighted by molar-refractivity contribution is 0.344. The molecule has 1 atom stereocenters. The van der Waals surface area contributed by atoms with Gasteiger partial charge in [-0.2, -0.15) is 5.10 Å². The molecule has 0 bridgehead atoms. The zero-order valence-electron chi connectivity index (χ0n) is 10.3. The third kappa shape index (κ3) is 2.52. The molecule has 1 N–H and O–H groups in total. The van der Waals surface area contributed by atoms with Crippen molar-refractivity contribution < 1.29 is 4.21 Å². The summed E-state index contributed by atoms with van der Waals surface area (Å²) in [6, 6.07) is 1.79. The van der Waals surface area contributed by atoms with Gasteiger partial charge in [-0.15, -0.1) is 0 Å². The van der Waals surface area contributed by atoms with Gasteiger partial charge in [0.1, 0.15) is 0 Å². The lowest BCUT2D eigenvalue weighted by atomic mass is 10.3. The Hall–Kier alpha value is -1.30. The second-order valence-corrected chi connectivity index (χ2v) is 6.66. The highest BCUT2D eigenvalue weighted by atomic mass is 32.2. The van der Waals surface area contributed by atoms with Gasteiger partial charge in [0.2, 0.25) is 0 Å². The van der Waals surface area contributed by atoms with Crippen LogP contribution in [-0.2, 0) is 22.8 Å². The van der Waals surface area contributed by atoms with Gasteiger partial charge >= 0.3 is 0 Å². The first-order valence-electron chi connectivity index (χ1n) is 5.59. The quantitative estimate of drug-likeness (QED) is 0.873. The second-order valence-electron chi connectivity index (χ2n) is 4.55. The summed E-state index contributed by atoms with van der Waals surface area (Å²) in [5, 5.41) is 4.66. The maximum Gasteiger partial charge on any atom is 0.157 e. The van der Waals surface area contributed by atoms with Gasteiger partial charge in [-0.3, -0.25) is 4.68 Å². The maximum atomic E-state index is 11.7. The van der Waals surface area contributed by atoms with Crippen LogP contribution in [0.15, 0.2) is 23.4 Å². The Bertz CT molecular complexity index is 544. The molecule has 94 valence electrons. The zero-order valence-corrected chi connectivity index (χ0v) is 11.1. The van der Waals surface area contributed by atoms with Crippen LogP contribution >= 0.6 is 0 Å². The summed E-state index contributed by atoms with van der Waals surface area (Å²) in [6.45, 7) is 8.45. The Balaban J connectivity index is 2.36. The van der Waals surface area contributed by atoms with Crippen LogP contribution in [0.4, 0.5) is 0 Å². The van der Waals surface area contributed by atoms with Gasteiger partial charge in [0, 0.05) is 25.0 Å². The summed E-state index contributed by atoms with van der Waals surface area (Å²) in [4.78, 5) is 2.19. The van der Waals surface area contributed by atoms with E-state index < -0.39 is 9.73 Å². The van der Waals surface area contributed by atoms with E-state index in [1.165, 1.54) is 6.26 Å². The third-order valence-electron chi connectivity index (χ3n) is 2.93. The van der Waals surface area contributed by atoms with E-state index in [0.29, 0.717) is 5.03 Å². The summed E-state index contributed by atoms with van der Waals surface area (Å²) in [6.07, 6.45) is 2.40. The number of allylic oxidation sites excluding steroid dienone is 1. The van der Waals surface area contributed by atoms with Crippen LogP contribution in [0.25, 0.3) is 0 Å². The Morgan fingerprint density at radius 1 is 1.59 bits per heavy atom. The fourth-order valence-electron chi connectivity index (χ4n) is 1.95. The molecule has 0 aromatic carbocycles. The molecule has 0 amide bonds. The smallest absolute Gasteiger partial charge is 0.157 e. The van der Waals surface area contributed by atoms with Crippen molar-refractivity contribution in [3.05, 3.63) is 24.0 Å². The van der Waals surface area contributed by atoms with Crippen molar-refractivity contribution in [2.75, 3.05) is 12.8 Å². The van der Waals surface area contributed by atoms with Gasteiger partial charge in [0.25, 0.3) is 0 Å². The van der Waals surface area contributed by atoms with Gasteiger partial charge < -0.3 is 4.90 Å². The monoisotopic (exact) mass is 254 g/mol. The standard InChI is InChI=1S/C11H18N4OS/c1-9(2)14-5-4-6-15-10(8-14)7-11(13-15)17(3,12)16/h7,12H,1,4-6,8H2,2-3H3. The molecule has 0 radical (unpaired) electrons. The molecule has 5 nitrogen and oxygen atoms in total. The number of fused-ring (bicyclic) bond motifs is 1. The first kappa shape index (κ1) is 12.2. The Morgan fingerprint density at radius 2 is 2.29 bits per heavy atom. The first-order chi connectivity index (χ1) is 7.88. The van der Waals surface area contributed by atoms with Crippen LogP contribution in [0.1, 0.15) is 19.0 Å². The van der Waals surface area contributed by atoms with E-state index >= 15 is 0 Å². The maximum absolute atomic E-state index is 11.7. The van der Waals surface area contributed by atoms with Crippen LogP contribution in [0, 0.1) is 4.78 Å². The van der Waals surface area contributed by atoms with Crippen molar-refractivity contribution in [3.63, 3.8) is 0 Å². The van der Waals surface area contributed by atoms with E-state index in [2.05, 4.69) is 16.6 Å². The topological polar surface area (TPSA) is 62.0 Å². The number of aromatic nitrogens is 2. The Labute approximate surface area is 102 Å². The largest absolute Gasteiger partial charge is 0.370 e. The van der Waals surface area contributed by atoms with Crippen LogP contribution in [0.3, 0.4) is 0 Å². The summed E-state index contributed by atoms with van der Waals surface area (Å²) in [7, 11) is -2.72. The lowest BCUT2D eigenvalue weighted by Crippen LogP contribution is -2.20. The van der Waals surface area contributed by atoms with Crippen molar-refractivity contribution in [3.8, 4) is 0 Å². The molecule has 0 saturated carbocycles. The van der Waals surface area contributed by atoms with E-state index in [4.69, 9.17) is 4.78 Å². The molecule has 6 heteroatoms. The predicted molar refractivity (Wildman–Crippen MR) is 67.1 cm³/mol. The average molecular weight is 254 g/mol. The SMILES string of the molecule is C=C(C)N1CCCn2nc(S(C)(=N)=O)cc2C1. The molecule has 0 saturated heterocycles. The number of nitrogens with zero attached hydrogens (tertiary/aromatic N) is 3.